The number of aliphatic imine (C=N–C) groups is 1. The molecular weight excluding hydrogens is 332 g/mol. The average molecular weight is 359 g/mol. The molecule has 1 saturated heterocycles. The first-order chi connectivity index (χ1) is 10.9. The van der Waals surface area contributed by atoms with E-state index in [0.29, 0.717) is 28.9 Å². The van der Waals surface area contributed by atoms with Crippen LogP contribution in [-0.4, -0.2) is 54.7 Å². The minimum Gasteiger partial charge on any atom is -0.386 e. The molecule has 0 radical (unpaired) electrons. The summed E-state index contributed by atoms with van der Waals surface area (Å²) in [6, 6.07) is 4.59. The van der Waals surface area contributed by atoms with Crippen LogP contribution in [-0.2, 0) is 0 Å². The second-order valence-electron chi connectivity index (χ2n) is 6.39. The number of guanidine groups is 1. The van der Waals surface area contributed by atoms with Gasteiger partial charge in [-0.1, -0.05) is 18.5 Å². The van der Waals surface area contributed by atoms with Crippen molar-refractivity contribution >= 4 is 28.9 Å². The van der Waals surface area contributed by atoms with Crippen molar-refractivity contribution < 1.29 is 5.11 Å². The predicted octanol–water partition coefficient (Wildman–Crippen LogP) is 2.33. The zero-order valence-electron chi connectivity index (χ0n) is 14.2. The fourth-order valence-corrected chi connectivity index (χ4v) is 3.83. The Kier molecular flexibility index (Phi) is 6.71. The Balaban J connectivity index is 1.84. The summed E-state index contributed by atoms with van der Waals surface area (Å²) in [5.41, 5.74) is 0. The molecule has 3 atom stereocenters. The summed E-state index contributed by atoms with van der Waals surface area (Å²) in [7, 11) is 1.75. The van der Waals surface area contributed by atoms with Gasteiger partial charge in [0.25, 0.3) is 0 Å². The maximum absolute atomic E-state index is 10.2. The number of nitrogens with one attached hydrogen (secondary N) is 2. The molecule has 1 fully saturated rings. The van der Waals surface area contributed by atoms with Gasteiger partial charge in [0.05, 0.1) is 4.34 Å². The van der Waals surface area contributed by atoms with Crippen molar-refractivity contribution in [1.82, 2.24) is 15.5 Å². The first-order valence-corrected chi connectivity index (χ1v) is 9.24. The molecule has 130 valence electrons. The normalized spacial score (nSPS) is 24.2. The third-order valence-corrected chi connectivity index (χ3v) is 5.63. The Labute approximate surface area is 147 Å². The molecular formula is C16H27ClN4OS. The van der Waals surface area contributed by atoms with E-state index in [1.54, 1.807) is 13.1 Å². The van der Waals surface area contributed by atoms with E-state index in [9.17, 15) is 5.11 Å². The van der Waals surface area contributed by atoms with Crippen LogP contribution in [0.5, 0.6) is 0 Å². The number of aliphatic hydroxyl groups excluding tert-OH is 1. The van der Waals surface area contributed by atoms with Gasteiger partial charge in [-0.3, -0.25) is 9.89 Å². The summed E-state index contributed by atoms with van der Waals surface area (Å²) in [5.74, 6) is 1.30. The fraction of sp³-hybridized carbons (Fsp3) is 0.688. The molecule has 0 aliphatic carbocycles. The maximum atomic E-state index is 10.2. The second kappa shape index (κ2) is 8.33. The van der Waals surface area contributed by atoms with Gasteiger partial charge in [-0.05, 0) is 31.9 Å². The highest BCUT2D eigenvalue weighted by atomic mass is 35.5. The minimum absolute atomic E-state index is 0.372. The van der Waals surface area contributed by atoms with Gasteiger partial charge in [0.15, 0.2) is 5.96 Å². The van der Waals surface area contributed by atoms with Crippen LogP contribution in [0.15, 0.2) is 17.1 Å². The van der Waals surface area contributed by atoms with E-state index in [1.165, 1.54) is 11.3 Å². The lowest BCUT2D eigenvalue weighted by Crippen LogP contribution is -2.47. The number of likely N-dealkylation sites (tertiary alicyclic amines) is 1. The van der Waals surface area contributed by atoms with Gasteiger partial charge in [-0.15, -0.1) is 11.3 Å². The molecule has 5 nitrogen and oxygen atoms in total. The van der Waals surface area contributed by atoms with E-state index in [4.69, 9.17) is 11.6 Å². The zero-order valence-corrected chi connectivity index (χ0v) is 15.8. The number of rotatable bonds is 5. The lowest BCUT2D eigenvalue weighted by atomic mass is 10.1. The van der Waals surface area contributed by atoms with Crippen molar-refractivity contribution in [1.29, 1.82) is 0 Å². The number of hydrogen-bond acceptors (Lipinski definition) is 4. The monoisotopic (exact) mass is 358 g/mol. The van der Waals surface area contributed by atoms with Crippen molar-refractivity contribution in [2.75, 3.05) is 26.7 Å². The standard InChI is InChI=1S/C16H27ClN4OS/c1-10(2)21-8-11(3)12(9-21)20-16(18-4)19-7-13(22)14-5-6-15(17)23-14/h5-6,10-13,22H,7-9H2,1-4H3,(H2,18,19,20). The molecule has 3 N–H and O–H groups in total. The Hall–Kier alpha value is -0.820. The summed E-state index contributed by atoms with van der Waals surface area (Å²) in [4.78, 5) is 7.60. The fourth-order valence-electron chi connectivity index (χ4n) is 2.79. The van der Waals surface area contributed by atoms with Gasteiger partial charge >= 0.3 is 0 Å². The van der Waals surface area contributed by atoms with E-state index >= 15 is 0 Å². The number of aliphatic hydroxyl groups is 1. The van der Waals surface area contributed by atoms with E-state index in [0.717, 1.165) is 23.9 Å². The van der Waals surface area contributed by atoms with Crippen molar-refractivity contribution in [3.63, 3.8) is 0 Å². The molecule has 23 heavy (non-hydrogen) atoms. The summed E-state index contributed by atoms with van der Waals surface area (Å²) in [6.45, 7) is 9.24. The topological polar surface area (TPSA) is 59.9 Å². The molecule has 0 bridgehead atoms. The number of nitrogens with zero attached hydrogens (tertiary/aromatic N) is 2. The van der Waals surface area contributed by atoms with Crippen molar-refractivity contribution in [3.05, 3.63) is 21.3 Å². The molecule has 0 saturated carbocycles. The molecule has 1 aliphatic heterocycles. The molecule has 0 aromatic carbocycles. The zero-order chi connectivity index (χ0) is 17.0. The third kappa shape index (κ3) is 5.08. The molecule has 2 rings (SSSR count). The van der Waals surface area contributed by atoms with Crippen LogP contribution in [0.25, 0.3) is 0 Å². The van der Waals surface area contributed by atoms with E-state index in [2.05, 4.69) is 41.3 Å². The Bertz CT molecular complexity index is 534. The Morgan fingerprint density at radius 3 is 2.74 bits per heavy atom. The first-order valence-electron chi connectivity index (χ1n) is 8.05. The summed E-state index contributed by atoms with van der Waals surface area (Å²) < 4.78 is 0.690. The molecule has 7 heteroatoms. The summed E-state index contributed by atoms with van der Waals surface area (Å²) in [5, 5.41) is 16.9. The van der Waals surface area contributed by atoms with Crippen molar-refractivity contribution in [3.8, 4) is 0 Å². The molecule has 3 unspecified atom stereocenters. The van der Waals surface area contributed by atoms with Crippen LogP contribution < -0.4 is 10.6 Å². The van der Waals surface area contributed by atoms with Crippen molar-refractivity contribution in [2.24, 2.45) is 10.9 Å². The van der Waals surface area contributed by atoms with Crippen LogP contribution in [0.3, 0.4) is 0 Å². The summed E-state index contributed by atoms with van der Waals surface area (Å²) >= 11 is 7.31. The maximum Gasteiger partial charge on any atom is 0.191 e. The van der Waals surface area contributed by atoms with Crippen molar-refractivity contribution in [2.45, 2.75) is 39.0 Å². The molecule has 2 heterocycles. The van der Waals surface area contributed by atoms with Crippen LogP contribution >= 0.6 is 22.9 Å². The molecule has 0 spiro atoms. The molecule has 1 aliphatic rings. The lowest BCUT2D eigenvalue weighted by Gasteiger charge is -2.22. The second-order valence-corrected chi connectivity index (χ2v) is 8.13. The average Bonchev–Trinajstić information content (AvgIpc) is 3.09. The van der Waals surface area contributed by atoms with Crippen LogP contribution in [0, 0.1) is 5.92 Å². The lowest BCUT2D eigenvalue weighted by molar-refractivity contribution is 0.184. The van der Waals surface area contributed by atoms with Crippen LogP contribution in [0.2, 0.25) is 4.34 Å². The quantitative estimate of drug-likeness (QED) is 0.558. The van der Waals surface area contributed by atoms with Gasteiger partial charge in [0, 0.05) is 43.6 Å². The third-order valence-electron chi connectivity index (χ3n) is 4.30. The Morgan fingerprint density at radius 1 is 1.48 bits per heavy atom. The highest BCUT2D eigenvalue weighted by Crippen LogP contribution is 2.26. The van der Waals surface area contributed by atoms with E-state index < -0.39 is 6.10 Å². The van der Waals surface area contributed by atoms with Gasteiger partial charge in [-0.25, -0.2) is 0 Å². The van der Waals surface area contributed by atoms with Gasteiger partial charge in [-0.2, -0.15) is 0 Å². The number of halogens is 1. The van der Waals surface area contributed by atoms with E-state index in [1.807, 2.05) is 6.07 Å². The number of thiophene rings is 1. The smallest absolute Gasteiger partial charge is 0.191 e. The largest absolute Gasteiger partial charge is 0.386 e. The highest BCUT2D eigenvalue weighted by Gasteiger charge is 2.31. The highest BCUT2D eigenvalue weighted by molar-refractivity contribution is 7.16. The van der Waals surface area contributed by atoms with Gasteiger partial charge < -0.3 is 15.7 Å². The minimum atomic E-state index is -0.584. The van der Waals surface area contributed by atoms with Gasteiger partial charge in [0.2, 0.25) is 0 Å². The molecule has 0 amide bonds. The number of hydrogen-bond donors (Lipinski definition) is 3. The summed E-state index contributed by atoms with van der Waals surface area (Å²) in [6.07, 6.45) is -0.584. The predicted molar refractivity (Wildman–Crippen MR) is 98.4 cm³/mol. The van der Waals surface area contributed by atoms with Gasteiger partial charge in [0.1, 0.15) is 6.10 Å². The van der Waals surface area contributed by atoms with Crippen LogP contribution in [0.4, 0.5) is 0 Å². The van der Waals surface area contributed by atoms with E-state index in [-0.39, 0.29) is 0 Å². The SMILES string of the molecule is CN=C(NCC(O)c1ccc(Cl)s1)NC1CN(C(C)C)CC1C. The van der Waals surface area contributed by atoms with Crippen LogP contribution in [0.1, 0.15) is 31.8 Å². The molecule has 1 aromatic rings. The Morgan fingerprint density at radius 2 is 2.22 bits per heavy atom. The first kappa shape index (κ1) is 18.5. The molecule has 1 aromatic heterocycles.